The van der Waals surface area contributed by atoms with Gasteiger partial charge in [-0.1, -0.05) is 6.92 Å². The maximum Gasteiger partial charge on any atom is 0.337 e. The summed E-state index contributed by atoms with van der Waals surface area (Å²) in [5, 5.41) is 0.416. The molecule has 0 unspecified atom stereocenters. The van der Waals surface area contributed by atoms with E-state index in [-0.39, 0.29) is 11.3 Å². The highest BCUT2D eigenvalue weighted by molar-refractivity contribution is 5.75. The number of hydrogen-bond acceptors (Lipinski definition) is 4. The molecule has 0 bridgehead atoms. The lowest BCUT2D eigenvalue weighted by atomic mass is 10.1. The van der Waals surface area contributed by atoms with E-state index < -0.39 is 5.63 Å². The molecule has 5 nitrogen and oxygen atoms in total. The van der Waals surface area contributed by atoms with Crippen molar-refractivity contribution >= 4 is 11.1 Å². The third kappa shape index (κ3) is 1.77. The van der Waals surface area contributed by atoms with Gasteiger partial charge in [0.15, 0.2) is 0 Å². The molecule has 0 fully saturated rings. The molecule has 0 aliphatic heterocycles. The van der Waals surface area contributed by atoms with E-state index in [2.05, 4.69) is 4.98 Å². The smallest absolute Gasteiger partial charge is 0.337 e. The Morgan fingerprint density at radius 1 is 1.35 bits per heavy atom. The average molecular weight is 234 g/mol. The normalized spacial score (nSPS) is 11.0. The van der Waals surface area contributed by atoms with Crippen LogP contribution in [0.15, 0.2) is 20.1 Å². The maximum atomic E-state index is 12.2. The zero-order valence-corrected chi connectivity index (χ0v) is 10.1. The van der Waals surface area contributed by atoms with E-state index in [1.165, 1.54) is 6.07 Å². The van der Waals surface area contributed by atoms with Gasteiger partial charge in [-0.25, -0.2) is 4.79 Å². The lowest BCUT2D eigenvalue weighted by molar-refractivity contribution is 0.538. The third-order valence-electron chi connectivity index (χ3n) is 2.83. The number of fused-ring (bicyclic) bond motifs is 1. The Balaban J connectivity index is 3.02. The zero-order valence-electron chi connectivity index (χ0n) is 10.1. The van der Waals surface area contributed by atoms with Crippen LogP contribution in [0.4, 0.5) is 0 Å². The molecule has 2 aromatic heterocycles. The molecule has 2 rings (SSSR count). The second-order valence-corrected chi connectivity index (χ2v) is 3.83. The van der Waals surface area contributed by atoms with Gasteiger partial charge in [-0.05, 0) is 25.8 Å². The van der Waals surface area contributed by atoms with E-state index in [0.29, 0.717) is 29.7 Å². The van der Waals surface area contributed by atoms with E-state index in [9.17, 15) is 9.59 Å². The predicted molar refractivity (Wildman–Crippen MR) is 64.3 cm³/mol. The Morgan fingerprint density at radius 2 is 2.06 bits per heavy atom. The van der Waals surface area contributed by atoms with Crippen LogP contribution in [0.3, 0.4) is 0 Å². The fourth-order valence-electron chi connectivity index (χ4n) is 1.98. The Bertz CT molecular complexity index is 682. The molecule has 0 N–H and O–H groups in total. The standard InChI is InChI=1S/C12H14N2O3/c1-4-8-6-9(15)17-11-10(8)12(16)14(5-2)7(3)13-11/h6H,4-5H2,1-3H3. The molecule has 0 amide bonds. The first-order valence-electron chi connectivity index (χ1n) is 5.62. The molecule has 0 saturated carbocycles. The van der Waals surface area contributed by atoms with Gasteiger partial charge in [0, 0.05) is 12.6 Å². The molecule has 0 aromatic carbocycles. The predicted octanol–water partition coefficient (Wildman–Crippen LogP) is 1.24. The number of rotatable bonds is 2. The van der Waals surface area contributed by atoms with Crippen LogP contribution in [-0.2, 0) is 13.0 Å². The van der Waals surface area contributed by atoms with Gasteiger partial charge in [0.25, 0.3) is 5.56 Å². The molecule has 0 atom stereocenters. The van der Waals surface area contributed by atoms with E-state index in [1.807, 2.05) is 13.8 Å². The molecular formula is C12H14N2O3. The van der Waals surface area contributed by atoms with E-state index in [0.717, 1.165) is 0 Å². The van der Waals surface area contributed by atoms with Gasteiger partial charge in [-0.3, -0.25) is 9.36 Å². The Morgan fingerprint density at radius 3 is 2.65 bits per heavy atom. The van der Waals surface area contributed by atoms with Crippen molar-refractivity contribution < 1.29 is 4.42 Å². The highest BCUT2D eigenvalue weighted by atomic mass is 16.4. The first-order valence-corrected chi connectivity index (χ1v) is 5.62. The number of aryl methyl sites for hydroxylation is 2. The first-order chi connectivity index (χ1) is 8.08. The van der Waals surface area contributed by atoms with Gasteiger partial charge in [-0.2, -0.15) is 4.98 Å². The minimum atomic E-state index is -0.463. The fraction of sp³-hybridized carbons (Fsp3) is 0.417. The van der Waals surface area contributed by atoms with Gasteiger partial charge >= 0.3 is 5.63 Å². The lowest BCUT2D eigenvalue weighted by Gasteiger charge is -2.08. The van der Waals surface area contributed by atoms with Crippen LogP contribution >= 0.6 is 0 Å². The quantitative estimate of drug-likeness (QED) is 0.784. The Kier molecular flexibility index (Phi) is 2.83. The van der Waals surface area contributed by atoms with Crippen molar-refractivity contribution in [1.82, 2.24) is 9.55 Å². The van der Waals surface area contributed by atoms with Crippen LogP contribution in [0.2, 0.25) is 0 Å². The summed E-state index contributed by atoms with van der Waals surface area (Å²) >= 11 is 0. The molecule has 17 heavy (non-hydrogen) atoms. The monoisotopic (exact) mass is 234 g/mol. The van der Waals surface area contributed by atoms with Crippen LogP contribution in [-0.4, -0.2) is 9.55 Å². The molecule has 0 aliphatic carbocycles. The van der Waals surface area contributed by atoms with Crippen molar-refractivity contribution in [1.29, 1.82) is 0 Å². The second kappa shape index (κ2) is 4.16. The molecular weight excluding hydrogens is 220 g/mol. The van der Waals surface area contributed by atoms with Crippen molar-refractivity contribution in [3.63, 3.8) is 0 Å². The van der Waals surface area contributed by atoms with Crippen molar-refractivity contribution in [2.24, 2.45) is 0 Å². The van der Waals surface area contributed by atoms with Crippen LogP contribution < -0.4 is 11.2 Å². The highest BCUT2D eigenvalue weighted by Crippen LogP contribution is 2.12. The number of nitrogens with zero attached hydrogens (tertiary/aromatic N) is 2. The van der Waals surface area contributed by atoms with Gasteiger partial charge in [-0.15, -0.1) is 0 Å². The molecule has 90 valence electrons. The average Bonchev–Trinajstić information content (AvgIpc) is 2.27. The Labute approximate surface area is 97.7 Å². The minimum absolute atomic E-state index is 0.140. The summed E-state index contributed by atoms with van der Waals surface area (Å²) in [5.41, 5.74) is 0.225. The van der Waals surface area contributed by atoms with Gasteiger partial charge < -0.3 is 4.42 Å². The topological polar surface area (TPSA) is 65.1 Å². The minimum Gasteiger partial charge on any atom is -0.403 e. The summed E-state index contributed by atoms with van der Waals surface area (Å²) in [6.45, 7) is 6.05. The Hall–Kier alpha value is -1.91. The molecule has 0 radical (unpaired) electrons. The van der Waals surface area contributed by atoms with Gasteiger partial charge in [0.1, 0.15) is 11.2 Å². The lowest BCUT2D eigenvalue weighted by Crippen LogP contribution is -2.24. The fourth-order valence-corrected chi connectivity index (χ4v) is 1.98. The van der Waals surface area contributed by atoms with E-state index in [4.69, 9.17) is 4.42 Å². The highest BCUT2D eigenvalue weighted by Gasteiger charge is 2.13. The molecule has 0 saturated heterocycles. The summed E-state index contributed by atoms with van der Waals surface area (Å²) in [4.78, 5) is 27.7. The van der Waals surface area contributed by atoms with Crippen LogP contribution in [0.5, 0.6) is 0 Å². The molecule has 2 aromatic rings. The van der Waals surface area contributed by atoms with Crippen molar-refractivity contribution in [3.05, 3.63) is 38.2 Å². The molecule has 0 aliphatic rings. The van der Waals surface area contributed by atoms with Crippen molar-refractivity contribution in [2.75, 3.05) is 0 Å². The number of aromatic nitrogens is 2. The van der Waals surface area contributed by atoms with Crippen molar-refractivity contribution in [2.45, 2.75) is 33.7 Å². The van der Waals surface area contributed by atoms with E-state index >= 15 is 0 Å². The zero-order chi connectivity index (χ0) is 12.6. The molecule has 5 heteroatoms. The van der Waals surface area contributed by atoms with Crippen LogP contribution in [0, 0.1) is 6.92 Å². The second-order valence-electron chi connectivity index (χ2n) is 3.83. The summed E-state index contributed by atoms with van der Waals surface area (Å²) in [6, 6.07) is 1.36. The molecule has 0 spiro atoms. The van der Waals surface area contributed by atoms with Crippen LogP contribution in [0.1, 0.15) is 25.2 Å². The van der Waals surface area contributed by atoms with Gasteiger partial charge in [0.2, 0.25) is 5.71 Å². The summed E-state index contributed by atoms with van der Waals surface area (Å²) in [6.07, 6.45) is 0.603. The summed E-state index contributed by atoms with van der Waals surface area (Å²) in [7, 11) is 0. The van der Waals surface area contributed by atoms with Gasteiger partial charge in [0.05, 0.1) is 0 Å². The third-order valence-corrected chi connectivity index (χ3v) is 2.83. The SMILES string of the molecule is CCc1cc(=O)oc2nc(C)n(CC)c(=O)c12. The van der Waals surface area contributed by atoms with Crippen LogP contribution in [0.25, 0.3) is 11.1 Å². The maximum absolute atomic E-state index is 12.2. The van der Waals surface area contributed by atoms with E-state index in [1.54, 1.807) is 11.5 Å². The number of hydrogen-bond donors (Lipinski definition) is 0. The van der Waals surface area contributed by atoms with Crippen molar-refractivity contribution in [3.8, 4) is 0 Å². The molecule has 2 heterocycles. The summed E-state index contributed by atoms with van der Waals surface area (Å²) < 4.78 is 6.56. The summed E-state index contributed by atoms with van der Waals surface area (Å²) in [5.74, 6) is 0.557. The first kappa shape index (κ1) is 11.6. The largest absolute Gasteiger partial charge is 0.403 e.